The molecule has 0 atom stereocenters. The molecular formula is C21H34ClIN8. The van der Waals surface area contributed by atoms with Gasteiger partial charge in [0.25, 0.3) is 0 Å². The molecule has 10 heteroatoms. The van der Waals surface area contributed by atoms with Crippen molar-refractivity contribution in [3.63, 3.8) is 0 Å². The number of halogens is 2. The standard InChI is InChI=1S/C21H33ClN8.HI/c1-3-20-27-26-17-30(20)11-9-25-21(23-2)24-8-5-10-28-12-14-29(15-13-28)19-7-4-6-18(22)16-19;/h4,6-7,16-17H,3,5,8-15H2,1-2H3,(H2,23,24,25);1H. The molecule has 0 saturated carbocycles. The summed E-state index contributed by atoms with van der Waals surface area (Å²) in [4.78, 5) is 9.24. The summed E-state index contributed by atoms with van der Waals surface area (Å²) in [5, 5.41) is 15.6. The molecule has 2 N–H and O–H groups in total. The van der Waals surface area contributed by atoms with Crippen molar-refractivity contribution >= 4 is 47.2 Å². The van der Waals surface area contributed by atoms with Crippen molar-refractivity contribution < 1.29 is 0 Å². The van der Waals surface area contributed by atoms with Crippen LogP contribution >= 0.6 is 35.6 Å². The normalized spacial score (nSPS) is 14.9. The Hall–Kier alpha value is -1.59. The predicted octanol–water partition coefficient (Wildman–Crippen LogP) is 2.49. The second-order valence-corrected chi connectivity index (χ2v) is 7.82. The van der Waals surface area contributed by atoms with Gasteiger partial charge in [0.2, 0.25) is 0 Å². The van der Waals surface area contributed by atoms with Crippen molar-refractivity contribution in [1.82, 2.24) is 30.3 Å². The molecule has 3 rings (SSSR count). The zero-order valence-corrected chi connectivity index (χ0v) is 21.5. The monoisotopic (exact) mass is 560 g/mol. The molecule has 1 saturated heterocycles. The van der Waals surface area contributed by atoms with Gasteiger partial charge >= 0.3 is 0 Å². The summed E-state index contributed by atoms with van der Waals surface area (Å²) < 4.78 is 2.07. The molecule has 0 aliphatic carbocycles. The minimum atomic E-state index is 0. The maximum atomic E-state index is 6.12. The minimum absolute atomic E-state index is 0. The van der Waals surface area contributed by atoms with Gasteiger partial charge in [0.15, 0.2) is 5.96 Å². The molecule has 1 fully saturated rings. The van der Waals surface area contributed by atoms with Crippen LogP contribution in [0.1, 0.15) is 19.2 Å². The first-order chi connectivity index (χ1) is 14.7. The van der Waals surface area contributed by atoms with Gasteiger partial charge in [-0.1, -0.05) is 24.6 Å². The van der Waals surface area contributed by atoms with Crippen LogP contribution in [-0.2, 0) is 13.0 Å². The van der Waals surface area contributed by atoms with Gasteiger partial charge in [0.05, 0.1) is 0 Å². The van der Waals surface area contributed by atoms with Crippen LogP contribution in [0.15, 0.2) is 35.6 Å². The molecule has 2 aromatic rings. The van der Waals surface area contributed by atoms with Crippen LogP contribution in [-0.4, -0.2) is 78.5 Å². The number of aliphatic imine (C=N–C) groups is 1. The lowest BCUT2D eigenvalue weighted by Gasteiger charge is -2.36. The number of rotatable bonds is 9. The van der Waals surface area contributed by atoms with Crippen molar-refractivity contribution in [2.45, 2.75) is 26.3 Å². The van der Waals surface area contributed by atoms with Crippen LogP contribution in [0.2, 0.25) is 5.02 Å². The van der Waals surface area contributed by atoms with Crippen LogP contribution in [0.5, 0.6) is 0 Å². The SMILES string of the molecule is CCc1nncn1CCNC(=NC)NCCCN1CCN(c2cccc(Cl)c2)CC1.I. The van der Waals surface area contributed by atoms with E-state index in [9.17, 15) is 0 Å². The van der Waals surface area contributed by atoms with Crippen LogP contribution in [0, 0.1) is 0 Å². The summed E-state index contributed by atoms with van der Waals surface area (Å²) in [6.07, 6.45) is 3.76. The highest BCUT2D eigenvalue weighted by atomic mass is 127. The third kappa shape index (κ3) is 8.12. The second-order valence-electron chi connectivity index (χ2n) is 7.38. The zero-order valence-electron chi connectivity index (χ0n) is 18.4. The summed E-state index contributed by atoms with van der Waals surface area (Å²) in [6, 6.07) is 8.13. The van der Waals surface area contributed by atoms with Crippen LogP contribution in [0.3, 0.4) is 0 Å². The molecular weight excluding hydrogens is 527 g/mol. The number of hydrogen-bond acceptors (Lipinski definition) is 5. The highest BCUT2D eigenvalue weighted by Crippen LogP contribution is 2.20. The quantitative estimate of drug-likeness (QED) is 0.213. The Labute approximate surface area is 207 Å². The van der Waals surface area contributed by atoms with Gasteiger partial charge in [-0.2, -0.15) is 0 Å². The summed E-state index contributed by atoms with van der Waals surface area (Å²) in [5.41, 5.74) is 1.22. The number of anilines is 1. The summed E-state index contributed by atoms with van der Waals surface area (Å²) in [5.74, 6) is 1.85. The van der Waals surface area contributed by atoms with Gasteiger partial charge in [0.1, 0.15) is 12.2 Å². The van der Waals surface area contributed by atoms with E-state index in [4.69, 9.17) is 11.6 Å². The molecule has 1 aromatic heterocycles. The van der Waals surface area contributed by atoms with E-state index in [0.717, 1.165) is 82.0 Å². The van der Waals surface area contributed by atoms with Gasteiger partial charge in [-0.15, -0.1) is 34.2 Å². The fourth-order valence-electron chi connectivity index (χ4n) is 3.67. The number of guanidine groups is 1. The molecule has 1 aliphatic heterocycles. The fraction of sp³-hybridized carbons (Fsp3) is 0.571. The average Bonchev–Trinajstić information content (AvgIpc) is 3.23. The van der Waals surface area contributed by atoms with Crippen molar-refractivity contribution in [2.24, 2.45) is 4.99 Å². The maximum absolute atomic E-state index is 6.12. The van der Waals surface area contributed by atoms with E-state index in [2.05, 4.69) is 53.2 Å². The number of nitrogens with one attached hydrogen (secondary N) is 2. The molecule has 2 heterocycles. The Morgan fingerprint density at radius 2 is 1.90 bits per heavy atom. The largest absolute Gasteiger partial charge is 0.369 e. The summed E-state index contributed by atoms with van der Waals surface area (Å²) in [6.45, 7) is 9.95. The summed E-state index contributed by atoms with van der Waals surface area (Å²) >= 11 is 6.12. The zero-order chi connectivity index (χ0) is 21.2. The van der Waals surface area contributed by atoms with E-state index in [-0.39, 0.29) is 24.0 Å². The number of benzene rings is 1. The molecule has 0 bridgehead atoms. The number of nitrogens with zero attached hydrogens (tertiary/aromatic N) is 6. The topological polar surface area (TPSA) is 73.6 Å². The first-order valence-corrected chi connectivity index (χ1v) is 11.1. The van der Waals surface area contributed by atoms with E-state index >= 15 is 0 Å². The van der Waals surface area contributed by atoms with Crippen molar-refractivity contribution in [3.05, 3.63) is 41.4 Å². The molecule has 31 heavy (non-hydrogen) atoms. The molecule has 8 nitrogen and oxygen atoms in total. The molecule has 1 aromatic carbocycles. The van der Waals surface area contributed by atoms with E-state index < -0.39 is 0 Å². The van der Waals surface area contributed by atoms with E-state index in [1.165, 1.54) is 5.69 Å². The third-order valence-electron chi connectivity index (χ3n) is 5.37. The van der Waals surface area contributed by atoms with Gasteiger partial charge in [0, 0.05) is 70.0 Å². The van der Waals surface area contributed by atoms with E-state index in [0.29, 0.717) is 0 Å². The highest BCUT2D eigenvalue weighted by Gasteiger charge is 2.16. The van der Waals surface area contributed by atoms with Gasteiger partial charge in [-0.25, -0.2) is 0 Å². The highest BCUT2D eigenvalue weighted by molar-refractivity contribution is 14.0. The minimum Gasteiger partial charge on any atom is -0.369 e. The predicted molar refractivity (Wildman–Crippen MR) is 139 cm³/mol. The first kappa shape index (κ1) is 25.7. The van der Waals surface area contributed by atoms with Crippen molar-refractivity contribution in [3.8, 4) is 0 Å². The van der Waals surface area contributed by atoms with E-state index in [1.807, 2.05) is 18.2 Å². The van der Waals surface area contributed by atoms with Gasteiger partial charge in [-0.05, 0) is 31.2 Å². The first-order valence-electron chi connectivity index (χ1n) is 10.7. The van der Waals surface area contributed by atoms with Crippen molar-refractivity contribution in [2.75, 3.05) is 57.8 Å². The average molecular weight is 561 g/mol. The number of hydrogen-bond donors (Lipinski definition) is 2. The molecule has 0 amide bonds. The Morgan fingerprint density at radius 3 is 2.61 bits per heavy atom. The second kappa shape index (κ2) is 13.7. The fourth-order valence-corrected chi connectivity index (χ4v) is 3.85. The smallest absolute Gasteiger partial charge is 0.191 e. The Balaban J connectivity index is 0.00000341. The number of aromatic nitrogens is 3. The lowest BCUT2D eigenvalue weighted by atomic mass is 10.2. The van der Waals surface area contributed by atoms with Gasteiger partial charge in [-0.3, -0.25) is 9.89 Å². The molecule has 172 valence electrons. The van der Waals surface area contributed by atoms with E-state index in [1.54, 1.807) is 13.4 Å². The Morgan fingerprint density at radius 1 is 1.13 bits per heavy atom. The Kier molecular flexibility index (Phi) is 11.4. The molecule has 0 radical (unpaired) electrons. The van der Waals surface area contributed by atoms with Crippen LogP contribution in [0.25, 0.3) is 0 Å². The lowest BCUT2D eigenvalue weighted by molar-refractivity contribution is 0.255. The number of aryl methyl sites for hydroxylation is 1. The third-order valence-corrected chi connectivity index (χ3v) is 5.61. The lowest BCUT2D eigenvalue weighted by Crippen LogP contribution is -2.47. The molecule has 0 unspecified atom stereocenters. The van der Waals surface area contributed by atoms with Crippen molar-refractivity contribution in [1.29, 1.82) is 0 Å². The van der Waals surface area contributed by atoms with Crippen LogP contribution in [0.4, 0.5) is 5.69 Å². The number of piperazine rings is 1. The molecule has 1 aliphatic rings. The van der Waals surface area contributed by atoms with Crippen LogP contribution < -0.4 is 15.5 Å². The van der Waals surface area contributed by atoms with Gasteiger partial charge < -0.3 is 20.1 Å². The summed E-state index contributed by atoms with van der Waals surface area (Å²) in [7, 11) is 1.81. The Bertz CT molecular complexity index is 804. The maximum Gasteiger partial charge on any atom is 0.191 e. The molecule has 0 spiro atoms.